The Balaban J connectivity index is 1.90. The highest BCUT2D eigenvalue weighted by molar-refractivity contribution is 7.79. The molecule has 7 nitrogen and oxygen atoms in total. The molecule has 0 aliphatic carbocycles. The molecule has 28 heavy (non-hydrogen) atoms. The number of carbonyl (C=O) groups is 1. The van der Waals surface area contributed by atoms with Crippen molar-refractivity contribution >= 4 is 17.2 Å². The summed E-state index contributed by atoms with van der Waals surface area (Å²) in [5.41, 5.74) is 0. The van der Waals surface area contributed by atoms with Gasteiger partial charge in [-0.05, 0) is 19.3 Å². The molecule has 0 spiro atoms. The molecule has 1 heterocycles. The first-order valence-corrected chi connectivity index (χ1v) is 12.1. The van der Waals surface area contributed by atoms with Crippen LogP contribution in [0.2, 0.25) is 0 Å². The van der Waals surface area contributed by atoms with Gasteiger partial charge in [0.25, 0.3) is 0 Å². The quantitative estimate of drug-likeness (QED) is 0.267. The second-order valence-electron chi connectivity index (χ2n) is 7.40. The molecule has 0 aromatic heterocycles. The van der Waals surface area contributed by atoms with Crippen molar-refractivity contribution in [3.05, 3.63) is 0 Å². The van der Waals surface area contributed by atoms with E-state index in [1.165, 1.54) is 57.8 Å². The predicted molar refractivity (Wildman–Crippen MR) is 111 cm³/mol. The van der Waals surface area contributed by atoms with E-state index in [0.29, 0.717) is 19.6 Å². The fourth-order valence-corrected chi connectivity index (χ4v) is 3.54. The zero-order chi connectivity index (χ0) is 20.5. The number of hydrogen-bond donors (Lipinski definition) is 2. The molecular weight excluding hydrogens is 382 g/mol. The molecule has 0 aromatic carbocycles. The third-order valence-corrected chi connectivity index (χ3v) is 5.41. The Morgan fingerprint density at radius 2 is 1.71 bits per heavy atom. The van der Waals surface area contributed by atoms with Crippen LogP contribution < -0.4 is 5.32 Å². The molecule has 1 amide bonds. The first-order chi connectivity index (χ1) is 13.6. The van der Waals surface area contributed by atoms with Gasteiger partial charge in [0.15, 0.2) is 17.4 Å². The van der Waals surface area contributed by atoms with Crippen LogP contribution in [0.25, 0.3) is 0 Å². The standard InChI is InChI=1S/C20H39NO6S/c1-2-3-4-5-6-7-8-9-10-11-13-19-25-16-18(27-19)17-26-20(22)21-14-12-15-28(23)24/h18-19H,2-17H2,1H3,(H,21,22)(H,23,24). The molecular formula is C20H39NO6S. The highest BCUT2D eigenvalue weighted by Crippen LogP contribution is 2.19. The van der Waals surface area contributed by atoms with Crippen LogP contribution in [0.1, 0.15) is 84.0 Å². The van der Waals surface area contributed by atoms with Crippen molar-refractivity contribution in [2.24, 2.45) is 0 Å². The smallest absolute Gasteiger partial charge is 0.407 e. The van der Waals surface area contributed by atoms with Crippen molar-refractivity contribution in [1.29, 1.82) is 0 Å². The third kappa shape index (κ3) is 14.3. The van der Waals surface area contributed by atoms with Crippen LogP contribution >= 0.6 is 0 Å². The molecule has 3 atom stereocenters. The molecule has 1 fully saturated rings. The molecule has 0 bridgehead atoms. The second-order valence-corrected chi connectivity index (χ2v) is 8.45. The Bertz CT molecular complexity index is 424. The third-order valence-electron chi connectivity index (χ3n) is 4.77. The summed E-state index contributed by atoms with van der Waals surface area (Å²) in [7, 11) is 0. The average molecular weight is 422 g/mol. The van der Waals surface area contributed by atoms with Crippen molar-refractivity contribution in [2.45, 2.75) is 96.4 Å². The molecule has 166 valence electrons. The van der Waals surface area contributed by atoms with E-state index in [0.717, 1.165) is 12.8 Å². The van der Waals surface area contributed by atoms with E-state index in [-0.39, 0.29) is 24.8 Å². The monoisotopic (exact) mass is 421 g/mol. The highest BCUT2D eigenvalue weighted by atomic mass is 32.2. The molecule has 1 aliphatic rings. The first kappa shape index (κ1) is 25.3. The maximum atomic E-state index is 11.5. The van der Waals surface area contributed by atoms with Crippen LogP contribution in [0.5, 0.6) is 0 Å². The van der Waals surface area contributed by atoms with Crippen molar-refractivity contribution in [3.63, 3.8) is 0 Å². The summed E-state index contributed by atoms with van der Waals surface area (Å²) >= 11 is -1.83. The minimum atomic E-state index is -1.83. The lowest BCUT2D eigenvalue weighted by Crippen LogP contribution is -2.30. The summed E-state index contributed by atoms with van der Waals surface area (Å²) in [4.78, 5) is 11.5. The second kappa shape index (κ2) is 17.2. The van der Waals surface area contributed by atoms with Crippen LogP contribution in [0.4, 0.5) is 4.79 Å². The van der Waals surface area contributed by atoms with Crippen LogP contribution in [0.3, 0.4) is 0 Å². The molecule has 3 unspecified atom stereocenters. The Hall–Kier alpha value is -0.700. The van der Waals surface area contributed by atoms with Crippen LogP contribution in [-0.4, -0.2) is 52.8 Å². The van der Waals surface area contributed by atoms with E-state index in [2.05, 4.69) is 12.2 Å². The van der Waals surface area contributed by atoms with E-state index in [9.17, 15) is 9.00 Å². The normalized spacial score (nSPS) is 20.2. The van der Waals surface area contributed by atoms with Gasteiger partial charge in [-0.2, -0.15) is 0 Å². The SMILES string of the molecule is CCCCCCCCCCCCC1OCC(COC(=O)NCCCS(=O)O)O1. The average Bonchev–Trinajstić information content (AvgIpc) is 3.13. The van der Waals surface area contributed by atoms with Gasteiger partial charge in [-0.25, -0.2) is 9.00 Å². The van der Waals surface area contributed by atoms with Gasteiger partial charge in [-0.1, -0.05) is 64.7 Å². The van der Waals surface area contributed by atoms with E-state index in [4.69, 9.17) is 18.8 Å². The lowest BCUT2D eigenvalue weighted by Gasteiger charge is -2.12. The molecule has 1 saturated heterocycles. The molecule has 1 rings (SSSR count). The number of amides is 1. The minimum absolute atomic E-state index is 0.139. The molecule has 2 N–H and O–H groups in total. The van der Waals surface area contributed by atoms with Crippen LogP contribution in [0, 0.1) is 0 Å². The Morgan fingerprint density at radius 3 is 2.36 bits per heavy atom. The van der Waals surface area contributed by atoms with Gasteiger partial charge in [-0.15, -0.1) is 0 Å². The fourth-order valence-electron chi connectivity index (χ4n) is 3.15. The summed E-state index contributed by atoms with van der Waals surface area (Å²) < 4.78 is 35.6. The lowest BCUT2D eigenvalue weighted by molar-refractivity contribution is -0.0709. The minimum Gasteiger partial charge on any atom is -0.447 e. The van der Waals surface area contributed by atoms with E-state index < -0.39 is 17.2 Å². The van der Waals surface area contributed by atoms with Crippen LogP contribution in [-0.2, 0) is 25.3 Å². The zero-order valence-electron chi connectivity index (χ0n) is 17.4. The van der Waals surface area contributed by atoms with Gasteiger partial charge in [0.2, 0.25) is 0 Å². The Morgan fingerprint density at radius 1 is 1.07 bits per heavy atom. The van der Waals surface area contributed by atoms with Gasteiger partial charge in [-0.3, -0.25) is 0 Å². The fraction of sp³-hybridized carbons (Fsp3) is 0.950. The van der Waals surface area contributed by atoms with Gasteiger partial charge in [0.1, 0.15) is 12.7 Å². The molecule has 0 aromatic rings. The maximum absolute atomic E-state index is 11.5. The summed E-state index contributed by atoms with van der Waals surface area (Å²) in [5, 5.41) is 2.54. The van der Waals surface area contributed by atoms with Gasteiger partial charge in [0.05, 0.1) is 12.4 Å². The van der Waals surface area contributed by atoms with E-state index in [1.54, 1.807) is 0 Å². The van der Waals surface area contributed by atoms with Crippen molar-refractivity contribution in [3.8, 4) is 0 Å². The van der Waals surface area contributed by atoms with Crippen LogP contribution in [0.15, 0.2) is 0 Å². The first-order valence-electron chi connectivity index (χ1n) is 10.9. The van der Waals surface area contributed by atoms with E-state index >= 15 is 0 Å². The summed E-state index contributed by atoms with van der Waals surface area (Å²) in [6.45, 7) is 3.16. The largest absolute Gasteiger partial charge is 0.447 e. The lowest BCUT2D eigenvalue weighted by atomic mass is 10.1. The van der Waals surface area contributed by atoms with E-state index in [1.807, 2.05) is 0 Å². The number of nitrogens with one attached hydrogen (secondary N) is 1. The van der Waals surface area contributed by atoms with Gasteiger partial charge >= 0.3 is 6.09 Å². The molecule has 0 saturated carbocycles. The van der Waals surface area contributed by atoms with Gasteiger partial charge in [0, 0.05) is 6.54 Å². The van der Waals surface area contributed by atoms with Gasteiger partial charge < -0.3 is 24.1 Å². The number of unbranched alkanes of at least 4 members (excludes halogenated alkanes) is 9. The molecule has 8 heteroatoms. The number of hydrogen-bond acceptors (Lipinski definition) is 5. The number of ether oxygens (including phenoxy) is 3. The Kier molecular flexibility index (Phi) is 15.5. The predicted octanol–water partition coefficient (Wildman–Crippen LogP) is 4.38. The summed E-state index contributed by atoms with van der Waals surface area (Å²) in [6.07, 6.45) is 13.4. The Labute approximate surface area is 172 Å². The molecule has 0 radical (unpaired) electrons. The maximum Gasteiger partial charge on any atom is 0.407 e. The molecule has 1 aliphatic heterocycles. The van der Waals surface area contributed by atoms with Crippen molar-refractivity contribution in [2.75, 3.05) is 25.5 Å². The summed E-state index contributed by atoms with van der Waals surface area (Å²) in [5.74, 6) is 0.139. The highest BCUT2D eigenvalue weighted by Gasteiger charge is 2.26. The number of carbonyl (C=O) groups excluding carboxylic acids is 1. The number of rotatable bonds is 17. The number of alkyl carbamates (subject to hydrolysis) is 1. The topological polar surface area (TPSA) is 94.1 Å². The zero-order valence-corrected chi connectivity index (χ0v) is 18.2. The van der Waals surface area contributed by atoms with Crippen molar-refractivity contribution < 1.29 is 27.8 Å². The summed E-state index contributed by atoms with van der Waals surface area (Å²) in [6, 6.07) is 0. The van der Waals surface area contributed by atoms with Crippen molar-refractivity contribution in [1.82, 2.24) is 5.32 Å².